The number of hydrogen-bond acceptors (Lipinski definition) is 3. The van der Waals surface area contributed by atoms with Crippen LogP contribution in [0.2, 0.25) is 0 Å². The molecule has 0 radical (unpaired) electrons. The van der Waals surface area contributed by atoms with Gasteiger partial charge in [-0.2, -0.15) is 0 Å². The molecule has 0 amide bonds. The Morgan fingerprint density at radius 1 is 1.03 bits per heavy atom. The highest BCUT2D eigenvalue weighted by atomic mass is 16.2. The number of benzene rings is 2. The second-order valence-corrected chi connectivity index (χ2v) is 9.33. The summed E-state index contributed by atoms with van der Waals surface area (Å²) in [6.07, 6.45) is 3.77. The lowest BCUT2D eigenvalue weighted by atomic mass is 10.1. The van der Waals surface area contributed by atoms with Crippen LogP contribution in [0.5, 0.6) is 0 Å². The second-order valence-electron chi connectivity index (χ2n) is 9.33. The molecular weight excluding hydrogens is 400 g/mol. The maximum atomic E-state index is 13.5. The zero-order chi connectivity index (χ0) is 22.4. The average Bonchev–Trinajstić information content (AvgIpc) is 3.56. The van der Waals surface area contributed by atoms with Gasteiger partial charge in [-0.05, 0) is 61.4 Å². The van der Waals surface area contributed by atoms with Crippen molar-refractivity contribution in [1.82, 2.24) is 18.7 Å². The van der Waals surface area contributed by atoms with Crippen LogP contribution in [-0.4, -0.2) is 18.7 Å². The fraction of sp³-hybridized carbons (Fsp3) is 0.423. The Morgan fingerprint density at radius 2 is 1.81 bits per heavy atom. The highest BCUT2D eigenvalue weighted by Crippen LogP contribution is 2.32. The molecule has 2 aromatic heterocycles. The summed E-state index contributed by atoms with van der Waals surface area (Å²) in [6, 6.07) is 13.9. The molecule has 2 heterocycles. The molecule has 1 fully saturated rings. The second kappa shape index (κ2) is 8.08. The first-order chi connectivity index (χ1) is 15.5. The molecule has 0 spiro atoms. The number of para-hydroxylation sites is 1. The maximum Gasteiger partial charge on any atom is 0.332 e. The lowest BCUT2D eigenvalue weighted by molar-refractivity contribution is 0.504. The van der Waals surface area contributed by atoms with Gasteiger partial charge in [0.1, 0.15) is 5.82 Å². The van der Waals surface area contributed by atoms with Gasteiger partial charge in [-0.3, -0.25) is 13.9 Å². The van der Waals surface area contributed by atoms with E-state index in [0.29, 0.717) is 23.4 Å². The van der Waals surface area contributed by atoms with Gasteiger partial charge in [-0.15, -0.1) is 0 Å². The minimum absolute atomic E-state index is 0.0257. The average molecular weight is 431 g/mol. The molecule has 0 aliphatic heterocycles. The molecule has 0 atom stereocenters. The number of fused-ring (bicyclic) bond motifs is 2. The first-order valence-corrected chi connectivity index (χ1v) is 11.7. The molecule has 166 valence electrons. The van der Waals surface area contributed by atoms with Crippen molar-refractivity contribution in [3.63, 3.8) is 0 Å². The Hall–Kier alpha value is -3.15. The number of hydrogen-bond donors (Lipinski definition) is 0. The number of imidazole rings is 1. The van der Waals surface area contributed by atoms with Crippen LogP contribution in [0.25, 0.3) is 21.9 Å². The van der Waals surface area contributed by atoms with Crippen LogP contribution in [-0.2, 0) is 19.5 Å². The Labute approximate surface area is 187 Å². The van der Waals surface area contributed by atoms with Crippen molar-refractivity contribution < 1.29 is 0 Å². The van der Waals surface area contributed by atoms with Crippen LogP contribution >= 0.6 is 0 Å². The largest absolute Gasteiger partial charge is 0.332 e. The first kappa shape index (κ1) is 20.7. The number of aromatic nitrogens is 4. The fourth-order valence-corrected chi connectivity index (χ4v) is 4.49. The lowest BCUT2D eigenvalue weighted by Gasteiger charge is -2.15. The molecule has 6 nitrogen and oxygen atoms in total. The van der Waals surface area contributed by atoms with Gasteiger partial charge >= 0.3 is 5.69 Å². The monoisotopic (exact) mass is 430 g/mol. The summed E-state index contributed by atoms with van der Waals surface area (Å²) in [6.45, 7) is 7.78. The number of nitrogens with zero attached hydrogens (tertiary/aromatic N) is 4. The third-order valence-electron chi connectivity index (χ3n) is 6.52. The molecule has 6 heteroatoms. The van der Waals surface area contributed by atoms with Gasteiger partial charge in [-0.1, -0.05) is 39.0 Å². The smallest absolute Gasteiger partial charge is 0.326 e. The number of aryl methyl sites for hydroxylation is 2. The van der Waals surface area contributed by atoms with Gasteiger partial charge in [0.25, 0.3) is 5.56 Å². The summed E-state index contributed by atoms with van der Waals surface area (Å²) in [5.74, 6) is 1.43. The van der Waals surface area contributed by atoms with Crippen molar-refractivity contribution in [2.75, 3.05) is 0 Å². The van der Waals surface area contributed by atoms with E-state index in [9.17, 15) is 9.59 Å². The van der Waals surface area contributed by atoms with E-state index in [-0.39, 0.29) is 17.3 Å². The van der Waals surface area contributed by atoms with Crippen LogP contribution in [0.4, 0.5) is 0 Å². The Balaban J connectivity index is 1.70. The summed E-state index contributed by atoms with van der Waals surface area (Å²) >= 11 is 0. The minimum atomic E-state index is -0.229. The molecule has 4 aromatic rings. The summed E-state index contributed by atoms with van der Waals surface area (Å²) < 4.78 is 5.45. The van der Waals surface area contributed by atoms with Crippen molar-refractivity contribution in [2.24, 2.45) is 5.92 Å². The van der Waals surface area contributed by atoms with E-state index in [2.05, 4.69) is 43.5 Å². The quantitative estimate of drug-likeness (QED) is 0.434. The van der Waals surface area contributed by atoms with E-state index in [1.165, 1.54) is 10.1 Å². The van der Waals surface area contributed by atoms with Crippen molar-refractivity contribution in [3.8, 4) is 0 Å². The molecule has 2 aromatic carbocycles. The van der Waals surface area contributed by atoms with Crippen LogP contribution in [0.1, 0.15) is 57.5 Å². The highest BCUT2D eigenvalue weighted by molar-refractivity contribution is 5.79. The molecule has 1 saturated carbocycles. The molecule has 1 aliphatic rings. The van der Waals surface area contributed by atoms with Crippen molar-refractivity contribution in [2.45, 2.75) is 65.6 Å². The summed E-state index contributed by atoms with van der Waals surface area (Å²) in [4.78, 5) is 31.5. The molecule has 0 saturated heterocycles. The minimum Gasteiger partial charge on any atom is -0.326 e. The van der Waals surface area contributed by atoms with E-state index in [0.717, 1.165) is 49.1 Å². The van der Waals surface area contributed by atoms with Crippen molar-refractivity contribution in [1.29, 1.82) is 0 Å². The maximum absolute atomic E-state index is 13.5. The van der Waals surface area contributed by atoms with E-state index in [4.69, 9.17) is 4.98 Å². The number of rotatable bonds is 7. The predicted octanol–water partition coefficient (Wildman–Crippen LogP) is 4.50. The Morgan fingerprint density at radius 3 is 2.53 bits per heavy atom. The van der Waals surface area contributed by atoms with Crippen molar-refractivity contribution in [3.05, 3.63) is 74.7 Å². The molecular formula is C26H30N4O2. The van der Waals surface area contributed by atoms with Gasteiger partial charge in [0.15, 0.2) is 0 Å². The Bertz CT molecular complexity index is 1420. The SMILES string of the molecule is CCc1ccc2c(c1)nc(Cn1c(=O)n(C3CC3)c(=O)c3ccccc31)n2CCC(C)C. The first-order valence-electron chi connectivity index (χ1n) is 11.7. The predicted molar refractivity (Wildman–Crippen MR) is 128 cm³/mol. The fourth-order valence-electron chi connectivity index (χ4n) is 4.49. The van der Waals surface area contributed by atoms with Crippen LogP contribution in [0.3, 0.4) is 0 Å². The zero-order valence-electron chi connectivity index (χ0n) is 19.0. The van der Waals surface area contributed by atoms with Crippen LogP contribution in [0, 0.1) is 5.92 Å². The standard InChI is InChI=1S/C26H30N4O2/c1-4-18-9-12-23-21(15-18)27-24(28(23)14-13-17(2)3)16-29-22-8-6-5-7-20(22)25(31)30(26(29)32)19-10-11-19/h5-9,12,15,17,19H,4,10-11,13-14,16H2,1-3H3. The van der Waals surface area contributed by atoms with Crippen molar-refractivity contribution >= 4 is 21.9 Å². The van der Waals surface area contributed by atoms with E-state index >= 15 is 0 Å². The summed E-state index contributed by atoms with van der Waals surface area (Å²) in [5, 5.41) is 0.595. The molecule has 0 N–H and O–H groups in total. The van der Waals surface area contributed by atoms with Gasteiger partial charge in [0.05, 0.1) is 28.5 Å². The normalized spacial score (nSPS) is 14.1. The molecule has 1 aliphatic carbocycles. The lowest BCUT2D eigenvalue weighted by Crippen LogP contribution is -2.40. The van der Waals surface area contributed by atoms with Gasteiger partial charge in [-0.25, -0.2) is 9.78 Å². The topological polar surface area (TPSA) is 61.8 Å². The zero-order valence-corrected chi connectivity index (χ0v) is 19.0. The molecule has 0 unspecified atom stereocenters. The van der Waals surface area contributed by atoms with Crippen LogP contribution < -0.4 is 11.2 Å². The molecule has 5 rings (SSSR count). The molecule has 32 heavy (non-hydrogen) atoms. The van der Waals surface area contributed by atoms with E-state index in [1.807, 2.05) is 24.3 Å². The van der Waals surface area contributed by atoms with E-state index < -0.39 is 0 Å². The third kappa shape index (κ3) is 3.57. The molecule has 0 bridgehead atoms. The summed E-state index contributed by atoms with van der Waals surface area (Å²) in [5.41, 5.74) is 3.60. The Kier molecular flexibility index (Phi) is 5.24. The van der Waals surface area contributed by atoms with Gasteiger partial charge in [0, 0.05) is 12.6 Å². The van der Waals surface area contributed by atoms with E-state index in [1.54, 1.807) is 4.57 Å². The van der Waals surface area contributed by atoms with Crippen LogP contribution in [0.15, 0.2) is 52.1 Å². The highest BCUT2D eigenvalue weighted by Gasteiger charge is 2.29. The summed E-state index contributed by atoms with van der Waals surface area (Å²) in [7, 11) is 0. The van der Waals surface area contributed by atoms with Gasteiger partial charge < -0.3 is 4.57 Å². The van der Waals surface area contributed by atoms with Gasteiger partial charge in [0.2, 0.25) is 0 Å². The third-order valence-corrected chi connectivity index (χ3v) is 6.52.